The van der Waals surface area contributed by atoms with Crippen molar-refractivity contribution in [3.05, 3.63) is 48.0 Å². The fraction of sp³-hybridized carbons (Fsp3) is 0.391. The second kappa shape index (κ2) is 8.99. The number of nitrogens with zero attached hydrogens (tertiary/aromatic N) is 1. The largest absolute Gasteiger partial charge is 0.491 e. The molecule has 1 fully saturated rings. The smallest absolute Gasteiger partial charge is 0.338 e. The topological polar surface area (TPSA) is 65.1 Å². The number of hydrogen-bond donors (Lipinski definition) is 0. The molecule has 0 unspecified atom stereocenters. The van der Waals surface area contributed by atoms with Crippen LogP contribution in [0.1, 0.15) is 44.0 Å². The van der Waals surface area contributed by atoms with Gasteiger partial charge in [0.05, 0.1) is 18.8 Å². The van der Waals surface area contributed by atoms with Crippen molar-refractivity contribution in [3.8, 4) is 17.2 Å². The fourth-order valence-corrected chi connectivity index (χ4v) is 3.01. The Hall–Kier alpha value is -3.02. The summed E-state index contributed by atoms with van der Waals surface area (Å²) in [6.07, 6.45) is 2.32. The monoisotopic (exact) mass is 397 g/mol. The van der Waals surface area contributed by atoms with E-state index in [0.29, 0.717) is 28.7 Å². The van der Waals surface area contributed by atoms with Crippen molar-refractivity contribution in [2.45, 2.75) is 39.7 Å². The van der Waals surface area contributed by atoms with Gasteiger partial charge in [0.1, 0.15) is 17.2 Å². The van der Waals surface area contributed by atoms with Crippen LogP contribution in [0.25, 0.3) is 0 Å². The van der Waals surface area contributed by atoms with Crippen LogP contribution in [-0.4, -0.2) is 31.6 Å². The number of carbonyl (C=O) groups is 2. The van der Waals surface area contributed by atoms with E-state index in [9.17, 15) is 9.59 Å². The molecule has 154 valence electrons. The summed E-state index contributed by atoms with van der Waals surface area (Å²) in [7, 11) is 1.33. The maximum Gasteiger partial charge on any atom is 0.338 e. The maximum atomic E-state index is 12.0. The average molecular weight is 397 g/mol. The fourth-order valence-electron chi connectivity index (χ4n) is 3.01. The van der Waals surface area contributed by atoms with Gasteiger partial charge >= 0.3 is 5.97 Å². The van der Waals surface area contributed by atoms with Crippen LogP contribution in [0.4, 0.5) is 5.69 Å². The van der Waals surface area contributed by atoms with Crippen LogP contribution in [0.5, 0.6) is 17.2 Å². The third-order valence-corrected chi connectivity index (χ3v) is 4.57. The third kappa shape index (κ3) is 5.73. The molecule has 29 heavy (non-hydrogen) atoms. The summed E-state index contributed by atoms with van der Waals surface area (Å²) in [5, 5.41) is 0. The predicted molar refractivity (Wildman–Crippen MR) is 111 cm³/mol. The molecule has 0 atom stereocenters. The van der Waals surface area contributed by atoms with Crippen LogP contribution in [0.15, 0.2) is 42.5 Å². The summed E-state index contributed by atoms with van der Waals surface area (Å²) in [6, 6.07) is 12.3. The minimum atomic E-state index is -0.461. The Morgan fingerprint density at radius 1 is 1.03 bits per heavy atom. The highest BCUT2D eigenvalue weighted by Crippen LogP contribution is 2.33. The van der Waals surface area contributed by atoms with Gasteiger partial charge in [-0.15, -0.1) is 0 Å². The van der Waals surface area contributed by atoms with Crippen molar-refractivity contribution in [3.63, 3.8) is 0 Å². The molecule has 0 N–H and O–H groups in total. The highest BCUT2D eigenvalue weighted by molar-refractivity contribution is 5.91. The second-order valence-corrected chi connectivity index (χ2v) is 7.52. The van der Waals surface area contributed by atoms with E-state index in [2.05, 4.69) is 0 Å². The maximum absolute atomic E-state index is 12.0. The van der Waals surface area contributed by atoms with Crippen molar-refractivity contribution in [2.24, 2.45) is 5.92 Å². The van der Waals surface area contributed by atoms with Crippen LogP contribution in [0.3, 0.4) is 0 Å². The highest BCUT2D eigenvalue weighted by Gasteiger charge is 2.26. The molecule has 2 aromatic rings. The Balaban J connectivity index is 1.79. The lowest BCUT2D eigenvalue weighted by molar-refractivity contribution is -0.116. The van der Waals surface area contributed by atoms with E-state index in [1.54, 1.807) is 30.0 Å². The Morgan fingerprint density at radius 2 is 1.69 bits per heavy atom. The van der Waals surface area contributed by atoms with Crippen LogP contribution >= 0.6 is 0 Å². The van der Waals surface area contributed by atoms with Gasteiger partial charge in [0.15, 0.2) is 0 Å². The summed E-state index contributed by atoms with van der Waals surface area (Å²) in [5.41, 5.74) is 1.20. The molecule has 0 aliphatic heterocycles. The van der Waals surface area contributed by atoms with Crippen LogP contribution in [0.2, 0.25) is 0 Å². The van der Waals surface area contributed by atoms with E-state index >= 15 is 0 Å². The first-order valence-corrected chi connectivity index (χ1v) is 9.82. The molecule has 1 aliphatic carbocycles. The highest BCUT2D eigenvalue weighted by atomic mass is 16.5. The number of rotatable bonds is 8. The molecular weight excluding hydrogens is 370 g/mol. The predicted octanol–water partition coefficient (Wildman–Crippen LogP) is 4.82. The van der Waals surface area contributed by atoms with Crippen LogP contribution < -0.4 is 14.4 Å². The number of amides is 1. The number of methoxy groups -OCH3 is 1. The van der Waals surface area contributed by atoms with E-state index in [0.717, 1.165) is 12.2 Å². The lowest BCUT2D eigenvalue weighted by Gasteiger charge is -2.21. The summed E-state index contributed by atoms with van der Waals surface area (Å²) in [4.78, 5) is 25.7. The van der Waals surface area contributed by atoms with Gasteiger partial charge in [-0.25, -0.2) is 4.79 Å². The minimum absolute atomic E-state index is 0.0341. The molecule has 0 radical (unpaired) electrons. The lowest BCUT2D eigenvalue weighted by atomic mass is 10.2. The van der Waals surface area contributed by atoms with Gasteiger partial charge in [0.2, 0.25) is 5.91 Å². The lowest BCUT2D eigenvalue weighted by Crippen LogP contribution is -2.30. The number of ether oxygens (including phenoxy) is 3. The summed E-state index contributed by atoms with van der Waals surface area (Å²) in [6.45, 7) is 6.16. The van der Waals surface area contributed by atoms with Gasteiger partial charge in [-0.1, -0.05) is 0 Å². The van der Waals surface area contributed by atoms with Gasteiger partial charge in [0, 0.05) is 25.2 Å². The number of carbonyl (C=O) groups excluding carboxylic acids is 2. The van der Waals surface area contributed by atoms with Crippen molar-refractivity contribution >= 4 is 17.6 Å². The molecular formula is C23H27NO5. The Morgan fingerprint density at radius 3 is 2.24 bits per heavy atom. The second-order valence-electron chi connectivity index (χ2n) is 7.52. The van der Waals surface area contributed by atoms with E-state index in [4.69, 9.17) is 14.2 Å². The number of hydrogen-bond acceptors (Lipinski definition) is 5. The van der Waals surface area contributed by atoms with Crippen LogP contribution in [0, 0.1) is 5.92 Å². The van der Waals surface area contributed by atoms with E-state index in [1.165, 1.54) is 20.0 Å². The zero-order chi connectivity index (χ0) is 21.0. The van der Waals surface area contributed by atoms with Gasteiger partial charge in [0.25, 0.3) is 0 Å². The molecule has 6 nitrogen and oxygen atoms in total. The number of benzene rings is 2. The first-order chi connectivity index (χ1) is 13.9. The summed E-state index contributed by atoms with van der Waals surface area (Å²) in [5.74, 6) is 1.78. The SMILES string of the molecule is COC(=O)c1cc(Oc2ccc(N(CC3CC3)C(C)=O)cc2)cc(OC(C)C)c1. The van der Waals surface area contributed by atoms with Crippen molar-refractivity contribution in [2.75, 3.05) is 18.6 Å². The van der Waals surface area contributed by atoms with Crippen molar-refractivity contribution < 1.29 is 23.8 Å². The van der Waals surface area contributed by atoms with E-state index in [-0.39, 0.29) is 12.0 Å². The molecule has 0 heterocycles. The average Bonchev–Trinajstić information content (AvgIpc) is 3.49. The first kappa shape index (κ1) is 20.7. The number of anilines is 1. The molecule has 3 rings (SSSR count). The molecule has 2 aromatic carbocycles. The molecule has 0 saturated heterocycles. The van der Waals surface area contributed by atoms with Crippen molar-refractivity contribution in [1.29, 1.82) is 0 Å². The Kier molecular flexibility index (Phi) is 6.42. The summed E-state index contributed by atoms with van der Waals surface area (Å²) < 4.78 is 16.5. The minimum Gasteiger partial charge on any atom is -0.491 e. The van der Waals surface area contributed by atoms with Gasteiger partial charge < -0.3 is 19.1 Å². The van der Waals surface area contributed by atoms with Crippen LogP contribution in [-0.2, 0) is 9.53 Å². The zero-order valence-electron chi connectivity index (χ0n) is 17.3. The Labute approximate surface area is 171 Å². The van der Waals surface area contributed by atoms with Gasteiger partial charge in [-0.3, -0.25) is 4.79 Å². The molecule has 0 aromatic heterocycles. The van der Waals surface area contributed by atoms with E-state index < -0.39 is 5.97 Å². The van der Waals surface area contributed by atoms with Gasteiger partial charge in [-0.05, 0) is 69.0 Å². The standard InChI is InChI=1S/C23H27NO5/c1-15(2)28-21-11-18(23(26)27-4)12-22(13-21)29-20-9-7-19(8-10-20)24(16(3)25)14-17-5-6-17/h7-13,15,17H,5-6,14H2,1-4H3. The zero-order valence-corrected chi connectivity index (χ0v) is 17.3. The molecule has 0 bridgehead atoms. The first-order valence-electron chi connectivity index (χ1n) is 9.82. The molecule has 1 aliphatic rings. The summed E-state index contributed by atoms with van der Waals surface area (Å²) >= 11 is 0. The third-order valence-electron chi connectivity index (χ3n) is 4.57. The Bertz CT molecular complexity index is 871. The number of esters is 1. The normalized spacial score (nSPS) is 13.1. The quantitative estimate of drug-likeness (QED) is 0.598. The van der Waals surface area contributed by atoms with E-state index in [1.807, 2.05) is 38.1 Å². The van der Waals surface area contributed by atoms with Crippen molar-refractivity contribution in [1.82, 2.24) is 0 Å². The van der Waals surface area contributed by atoms with Gasteiger partial charge in [-0.2, -0.15) is 0 Å². The molecule has 1 amide bonds. The molecule has 6 heteroatoms. The molecule has 1 saturated carbocycles. The molecule has 0 spiro atoms.